The zero-order valence-corrected chi connectivity index (χ0v) is 17.8. The van der Waals surface area contributed by atoms with Crippen LogP contribution in [0.3, 0.4) is 0 Å². The Labute approximate surface area is 177 Å². The van der Waals surface area contributed by atoms with E-state index in [-0.39, 0.29) is 24.4 Å². The number of halogens is 2. The Morgan fingerprint density at radius 2 is 1.96 bits per heavy atom. The van der Waals surface area contributed by atoms with Crippen molar-refractivity contribution in [3.8, 4) is 5.69 Å². The SMILES string of the molecule is CC1CC(NC(=O)c2nn(-c3ccc(Cl)cc3)c3c2CCCCC3)CCN1.Cl. The van der Waals surface area contributed by atoms with Gasteiger partial charge in [0.15, 0.2) is 5.69 Å². The Bertz CT molecular complexity index is 819. The molecule has 5 nitrogen and oxygen atoms in total. The van der Waals surface area contributed by atoms with E-state index in [2.05, 4.69) is 17.6 Å². The maximum Gasteiger partial charge on any atom is 0.272 e. The highest BCUT2D eigenvalue weighted by Crippen LogP contribution is 2.27. The molecule has 2 atom stereocenters. The zero-order chi connectivity index (χ0) is 18.8. The maximum absolute atomic E-state index is 13.1. The van der Waals surface area contributed by atoms with Crippen molar-refractivity contribution in [1.29, 1.82) is 0 Å². The third-order valence-electron chi connectivity index (χ3n) is 5.68. The average Bonchev–Trinajstić information content (AvgIpc) is 2.84. The van der Waals surface area contributed by atoms with E-state index in [1.807, 2.05) is 28.9 Å². The van der Waals surface area contributed by atoms with Gasteiger partial charge < -0.3 is 10.6 Å². The molecule has 2 aromatic rings. The fourth-order valence-electron chi connectivity index (χ4n) is 4.27. The minimum absolute atomic E-state index is 0. The number of hydrogen-bond acceptors (Lipinski definition) is 3. The third-order valence-corrected chi connectivity index (χ3v) is 5.93. The van der Waals surface area contributed by atoms with E-state index in [0.717, 1.165) is 56.3 Å². The number of aromatic nitrogens is 2. The molecular weight excluding hydrogens is 395 g/mol. The largest absolute Gasteiger partial charge is 0.348 e. The van der Waals surface area contributed by atoms with Crippen molar-refractivity contribution in [3.05, 3.63) is 46.2 Å². The van der Waals surface area contributed by atoms with Gasteiger partial charge in [0.05, 0.1) is 5.69 Å². The molecule has 0 bridgehead atoms. The van der Waals surface area contributed by atoms with Crippen molar-refractivity contribution < 1.29 is 4.79 Å². The predicted molar refractivity (Wildman–Crippen MR) is 115 cm³/mol. The molecule has 1 aliphatic carbocycles. The molecule has 0 spiro atoms. The van der Waals surface area contributed by atoms with Gasteiger partial charge in [0.25, 0.3) is 5.91 Å². The lowest BCUT2D eigenvalue weighted by Gasteiger charge is -2.28. The monoisotopic (exact) mass is 422 g/mol. The van der Waals surface area contributed by atoms with Crippen LogP contribution < -0.4 is 10.6 Å². The first kappa shape index (κ1) is 21.2. The van der Waals surface area contributed by atoms with Gasteiger partial charge in [-0.05, 0) is 76.3 Å². The lowest BCUT2D eigenvalue weighted by Crippen LogP contribution is -2.46. The Kier molecular flexibility index (Phi) is 7.02. The van der Waals surface area contributed by atoms with Crippen LogP contribution in [0.1, 0.15) is 60.8 Å². The quantitative estimate of drug-likeness (QED) is 0.732. The van der Waals surface area contributed by atoms with E-state index in [0.29, 0.717) is 16.8 Å². The molecule has 2 heterocycles. The molecule has 28 heavy (non-hydrogen) atoms. The van der Waals surface area contributed by atoms with Crippen molar-refractivity contribution in [2.45, 2.75) is 64.0 Å². The molecule has 1 aromatic heterocycles. The van der Waals surface area contributed by atoms with Gasteiger partial charge >= 0.3 is 0 Å². The average molecular weight is 423 g/mol. The minimum Gasteiger partial charge on any atom is -0.348 e. The normalized spacial score (nSPS) is 21.9. The molecular formula is C21H28Cl2N4O. The highest BCUT2D eigenvalue weighted by atomic mass is 35.5. The summed E-state index contributed by atoms with van der Waals surface area (Å²) < 4.78 is 1.96. The number of carbonyl (C=O) groups excluding carboxylic acids is 1. The molecule has 4 rings (SSSR count). The highest BCUT2D eigenvalue weighted by Gasteiger charge is 2.27. The zero-order valence-electron chi connectivity index (χ0n) is 16.2. The second-order valence-corrected chi connectivity index (χ2v) is 8.21. The van der Waals surface area contributed by atoms with Gasteiger partial charge in [-0.3, -0.25) is 4.79 Å². The number of nitrogens with zero attached hydrogens (tertiary/aromatic N) is 2. The first-order valence-corrected chi connectivity index (χ1v) is 10.4. The smallest absolute Gasteiger partial charge is 0.272 e. The first-order valence-electron chi connectivity index (χ1n) is 10.0. The molecule has 2 unspecified atom stereocenters. The summed E-state index contributed by atoms with van der Waals surface area (Å²) in [5.41, 5.74) is 3.88. The summed E-state index contributed by atoms with van der Waals surface area (Å²) in [5, 5.41) is 12.1. The molecule has 7 heteroatoms. The Hall–Kier alpha value is -1.56. The number of fused-ring (bicyclic) bond motifs is 1. The molecule has 0 radical (unpaired) electrons. The number of amides is 1. The lowest BCUT2D eigenvalue weighted by atomic mass is 10.00. The van der Waals surface area contributed by atoms with Crippen LogP contribution in [0, 0.1) is 0 Å². The van der Waals surface area contributed by atoms with E-state index in [1.165, 1.54) is 12.1 Å². The van der Waals surface area contributed by atoms with E-state index in [9.17, 15) is 4.79 Å². The lowest BCUT2D eigenvalue weighted by molar-refractivity contribution is 0.0919. The van der Waals surface area contributed by atoms with Crippen molar-refractivity contribution in [2.24, 2.45) is 0 Å². The van der Waals surface area contributed by atoms with E-state index < -0.39 is 0 Å². The highest BCUT2D eigenvalue weighted by molar-refractivity contribution is 6.30. The number of benzene rings is 1. The van der Waals surface area contributed by atoms with Crippen molar-refractivity contribution in [2.75, 3.05) is 6.54 Å². The summed E-state index contributed by atoms with van der Waals surface area (Å²) in [6, 6.07) is 8.34. The summed E-state index contributed by atoms with van der Waals surface area (Å²) in [6.07, 6.45) is 7.27. The van der Waals surface area contributed by atoms with Crippen LogP contribution in [-0.4, -0.2) is 34.3 Å². The second-order valence-electron chi connectivity index (χ2n) is 7.77. The van der Waals surface area contributed by atoms with Gasteiger partial charge in [0, 0.05) is 28.4 Å². The number of hydrogen-bond donors (Lipinski definition) is 2. The van der Waals surface area contributed by atoms with Crippen LogP contribution >= 0.6 is 24.0 Å². The van der Waals surface area contributed by atoms with Gasteiger partial charge in [-0.2, -0.15) is 5.10 Å². The molecule has 152 valence electrons. The van der Waals surface area contributed by atoms with Crippen LogP contribution in [0.4, 0.5) is 0 Å². The number of rotatable bonds is 3. The predicted octanol–water partition coefficient (Wildman–Crippen LogP) is 4.09. The van der Waals surface area contributed by atoms with Crippen molar-refractivity contribution in [1.82, 2.24) is 20.4 Å². The second kappa shape index (κ2) is 9.29. The third kappa shape index (κ3) is 4.53. The summed E-state index contributed by atoms with van der Waals surface area (Å²) in [4.78, 5) is 13.1. The molecule has 2 aliphatic rings. The van der Waals surface area contributed by atoms with Crippen LogP contribution in [0.5, 0.6) is 0 Å². The molecule has 0 saturated carbocycles. The van der Waals surface area contributed by atoms with Crippen molar-refractivity contribution >= 4 is 29.9 Å². The number of carbonyl (C=O) groups is 1. The minimum atomic E-state index is -0.0278. The molecule has 1 aromatic carbocycles. The van der Waals surface area contributed by atoms with Gasteiger partial charge in [-0.25, -0.2) is 4.68 Å². The summed E-state index contributed by atoms with van der Waals surface area (Å²) >= 11 is 6.05. The molecule has 1 saturated heterocycles. The van der Waals surface area contributed by atoms with Gasteiger partial charge in [-0.15, -0.1) is 12.4 Å². The molecule has 1 aliphatic heterocycles. The summed E-state index contributed by atoms with van der Waals surface area (Å²) in [6.45, 7) is 3.11. The first-order chi connectivity index (χ1) is 13.1. The van der Waals surface area contributed by atoms with Crippen LogP contribution in [0.2, 0.25) is 5.02 Å². The van der Waals surface area contributed by atoms with E-state index in [1.54, 1.807) is 0 Å². The number of piperidine rings is 1. The fraction of sp³-hybridized carbons (Fsp3) is 0.524. The van der Waals surface area contributed by atoms with Gasteiger partial charge in [0.2, 0.25) is 0 Å². The molecule has 1 fully saturated rings. The number of nitrogens with one attached hydrogen (secondary N) is 2. The fourth-order valence-corrected chi connectivity index (χ4v) is 4.40. The van der Waals surface area contributed by atoms with E-state index >= 15 is 0 Å². The Balaban J connectivity index is 0.00000225. The summed E-state index contributed by atoms with van der Waals surface area (Å²) in [7, 11) is 0. The van der Waals surface area contributed by atoms with Crippen LogP contribution in [-0.2, 0) is 12.8 Å². The molecule has 2 N–H and O–H groups in total. The van der Waals surface area contributed by atoms with Crippen molar-refractivity contribution in [3.63, 3.8) is 0 Å². The standard InChI is InChI=1S/C21H27ClN4O.ClH/c1-14-13-16(11-12-23-14)24-21(27)20-18-5-3-2-4-6-19(18)26(25-20)17-9-7-15(22)8-10-17;/h7-10,14,16,23H,2-6,11-13H2,1H3,(H,24,27);1H. The Morgan fingerprint density at radius 1 is 1.21 bits per heavy atom. The maximum atomic E-state index is 13.1. The molecule has 1 amide bonds. The Morgan fingerprint density at radius 3 is 2.71 bits per heavy atom. The topological polar surface area (TPSA) is 59.0 Å². The van der Waals surface area contributed by atoms with Gasteiger partial charge in [-0.1, -0.05) is 18.0 Å². The summed E-state index contributed by atoms with van der Waals surface area (Å²) in [5.74, 6) is -0.0278. The van der Waals surface area contributed by atoms with Gasteiger partial charge in [0.1, 0.15) is 0 Å². The van der Waals surface area contributed by atoms with E-state index in [4.69, 9.17) is 16.7 Å². The van der Waals surface area contributed by atoms with Crippen LogP contribution in [0.15, 0.2) is 24.3 Å². The van der Waals surface area contributed by atoms with Crippen LogP contribution in [0.25, 0.3) is 5.69 Å².